The Morgan fingerprint density at radius 2 is 2.10 bits per heavy atom. The largest absolute Gasteiger partial charge is 0.476 e. The number of hydrogen-bond donors (Lipinski definition) is 2. The van der Waals surface area contributed by atoms with Crippen LogP contribution in [-0.2, 0) is 0 Å². The number of aromatic carboxylic acids is 1. The molecule has 0 saturated heterocycles. The van der Waals surface area contributed by atoms with Crippen molar-refractivity contribution in [3.05, 3.63) is 51.0 Å². The number of anilines is 1. The van der Waals surface area contributed by atoms with E-state index < -0.39 is 11.7 Å². The van der Waals surface area contributed by atoms with Crippen molar-refractivity contribution in [1.29, 1.82) is 0 Å². The van der Waals surface area contributed by atoms with E-state index in [2.05, 4.69) is 20.5 Å². The minimum absolute atomic E-state index is 0.0185. The first-order valence-electron chi connectivity index (χ1n) is 5.47. The number of rotatable bonds is 4. The minimum atomic E-state index is -1.32. The first-order valence-corrected chi connectivity index (χ1v) is 6.61. The van der Waals surface area contributed by atoms with Gasteiger partial charge in [-0.1, -0.05) is 40.9 Å². The van der Waals surface area contributed by atoms with E-state index in [-0.39, 0.29) is 20.9 Å². The van der Waals surface area contributed by atoms with Gasteiger partial charge in [0.15, 0.2) is 10.8 Å². The predicted molar refractivity (Wildman–Crippen MR) is 81.7 cm³/mol. The van der Waals surface area contributed by atoms with Gasteiger partial charge in [-0.05, 0) is 6.07 Å². The second-order valence-electron chi connectivity index (χ2n) is 3.72. The molecular formula is C12H7Cl3N4O2. The highest BCUT2D eigenvalue weighted by Crippen LogP contribution is 2.36. The number of hydrogen-bond acceptors (Lipinski definition) is 5. The van der Waals surface area contributed by atoms with Gasteiger partial charge in [0.05, 0.1) is 11.9 Å². The number of halogens is 3. The van der Waals surface area contributed by atoms with Gasteiger partial charge in [-0.3, -0.25) is 10.4 Å². The average Bonchev–Trinajstić information content (AvgIpc) is 2.47. The van der Waals surface area contributed by atoms with Crippen molar-refractivity contribution in [1.82, 2.24) is 9.97 Å². The number of pyridine rings is 2. The second-order valence-corrected chi connectivity index (χ2v) is 4.83. The summed E-state index contributed by atoms with van der Waals surface area (Å²) in [6.45, 7) is 0. The van der Waals surface area contributed by atoms with Crippen LogP contribution in [0.1, 0.15) is 16.1 Å². The highest BCUT2D eigenvalue weighted by Gasteiger charge is 2.20. The maximum absolute atomic E-state index is 11.0. The van der Waals surface area contributed by atoms with E-state index in [4.69, 9.17) is 39.9 Å². The summed E-state index contributed by atoms with van der Waals surface area (Å²) in [6.07, 6.45) is 4.69. The Balaban J connectivity index is 2.31. The zero-order valence-corrected chi connectivity index (χ0v) is 12.5. The van der Waals surface area contributed by atoms with E-state index in [1.807, 2.05) is 0 Å². The smallest absolute Gasteiger partial charge is 0.356 e. The van der Waals surface area contributed by atoms with Gasteiger partial charge in [0, 0.05) is 18.0 Å². The molecule has 9 heteroatoms. The van der Waals surface area contributed by atoms with Crippen molar-refractivity contribution in [3.8, 4) is 0 Å². The molecule has 2 aromatic heterocycles. The lowest BCUT2D eigenvalue weighted by Crippen LogP contribution is -2.05. The van der Waals surface area contributed by atoms with Crippen molar-refractivity contribution in [2.45, 2.75) is 0 Å². The maximum atomic E-state index is 11.0. The van der Waals surface area contributed by atoms with Gasteiger partial charge < -0.3 is 5.11 Å². The van der Waals surface area contributed by atoms with E-state index in [0.717, 1.165) is 5.56 Å². The number of carbonyl (C=O) groups is 1. The Hall–Kier alpha value is -1.89. The Bertz CT molecular complexity index is 707. The van der Waals surface area contributed by atoms with Crippen LogP contribution < -0.4 is 5.43 Å². The predicted octanol–water partition coefficient (Wildman–Crippen LogP) is 3.58. The fraction of sp³-hybridized carbons (Fsp3) is 0. The van der Waals surface area contributed by atoms with Crippen LogP contribution in [0.15, 0.2) is 29.6 Å². The molecule has 0 aromatic carbocycles. The third-order valence-electron chi connectivity index (χ3n) is 2.31. The SMILES string of the molecule is O=C(O)c1nc(Cl)c(Cl)c(N/N=C/c2cccnc2)c1Cl. The molecule has 0 atom stereocenters. The van der Waals surface area contributed by atoms with Crippen LogP contribution in [0, 0.1) is 0 Å². The molecule has 0 aliphatic rings. The molecule has 2 heterocycles. The summed E-state index contributed by atoms with van der Waals surface area (Å²) in [5.41, 5.74) is 2.94. The number of aromatic nitrogens is 2. The highest BCUT2D eigenvalue weighted by molar-refractivity contribution is 6.46. The molecule has 0 spiro atoms. The van der Waals surface area contributed by atoms with Crippen LogP contribution in [0.3, 0.4) is 0 Å². The second kappa shape index (κ2) is 6.71. The molecule has 0 amide bonds. The van der Waals surface area contributed by atoms with Crippen molar-refractivity contribution in [2.75, 3.05) is 5.43 Å². The summed E-state index contributed by atoms with van der Waals surface area (Å²) >= 11 is 17.6. The summed E-state index contributed by atoms with van der Waals surface area (Å²) in [4.78, 5) is 18.5. The molecule has 6 nitrogen and oxygen atoms in total. The molecule has 2 aromatic rings. The summed E-state index contributed by atoms with van der Waals surface area (Å²) in [7, 11) is 0. The van der Waals surface area contributed by atoms with Gasteiger partial charge in [-0.15, -0.1) is 0 Å². The summed E-state index contributed by atoms with van der Waals surface area (Å²) in [5.74, 6) is -1.32. The Labute approximate surface area is 134 Å². The highest BCUT2D eigenvalue weighted by atomic mass is 35.5. The van der Waals surface area contributed by atoms with Crippen molar-refractivity contribution >= 4 is 52.7 Å². The van der Waals surface area contributed by atoms with Crippen LogP contribution in [0.2, 0.25) is 15.2 Å². The Morgan fingerprint density at radius 3 is 2.71 bits per heavy atom. The number of nitrogens with one attached hydrogen (secondary N) is 1. The number of hydrazone groups is 1. The molecule has 21 heavy (non-hydrogen) atoms. The van der Waals surface area contributed by atoms with Gasteiger partial charge in [0.25, 0.3) is 0 Å². The number of nitrogens with zero attached hydrogens (tertiary/aromatic N) is 3. The zero-order valence-electron chi connectivity index (χ0n) is 10.2. The Kier molecular flexibility index (Phi) is 4.95. The average molecular weight is 346 g/mol. The topological polar surface area (TPSA) is 87.5 Å². The minimum Gasteiger partial charge on any atom is -0.476 e. The molecule has 0 fully saturated rings. The zero-order chi connectivity index (χ0) is 15.4. The van der Waals surface area contributed by atoms with E-state index in [1.54, 1.807) is 24.5 Å². The first-order chi connectivity index (χ1) is 10.0. The quantitative estimate of drug-likeness (QED) is 0.502. The molecule has 0 aliphatic heterocycles. The van der Waals surface area contributed by atoms with Crippen molar-refractivity contribution < 1.29 is 9.90 Å². The molecule has 0 saturated carbocycles. The summed E-state index contributed by atoms with van der Waals surface area (Å²) in [5, 5.41) is 12.5. The van der Waals surface area contributed by atoms with Crippen LogP contribution >= 0.6 is 34.8 Å². The van der Waals surface area contributed by atoms with Gasteiger partial charge >= 0.3 is 5.97 Å². The van der Waals surface area contributed by atoms with Crippen LogP contribution in [0.4, 0.5) is 5.69 Å². The van der Waals surface area contributed by atoms with E-state index in [9.17, 15) is 4.79 Å². The van der Waals surface area contributed by atoms with Crippen LogP contribution in [0.5, 0.6) is 0 Å². The normalized spacial score (nSPS) is 10.8. The van der Waals surface area contributed by atoms with Gasteiger partial charge in [-0.2, -0.15) is 5.10 Å². The fourth-order valence-electron chi connectivity index (χ4n) is 1.38. The number of carboxylic acids is 1. The number of carboxylic acid groups (broad SMARTS) is 1. The van der Waals surface area contributed by atoms with Crippen molar-refractivity contribution in [2.24, 2.45) is 5.10 Å². The molecule has 0 radical (unpaired) electrons. The molecule has 0 unspecified atom stereocenters. The van der Waals surface area contributed by atoms with E-state index >= 15 is 0 Å². The monoisotopic (exact) mass is 344 g/mol. The van der Waals surface area contributed by atoms with E-state index in [1.165, 1.54) is 6.21 Å². The van der Waals surface area contributed by atoms with Gasteiger partial charge in [0.1, 0.15) is 10.0 Å². The summed E-state index contributed by atoms with van der Waals surface area (Å²) < 4.78 is 0. The molecule has 0 bridgehead atoms. The molecule has 2 rings (SSSR count). The molecular weight excluding hydrogens is 339 g/mol. The third-order valence-corrected chi connectivity index (χ3v) is 3.42. The molecule has 0 aliphatic carbocycles. The van der Waals surface area contributed by atoms with E-state index in [0.29, 0.717) is 0 Å². The van der Waals surface area contributed by atoms with Crippen LogP contribution in [0.25, 0.3) is 0 Å². The van der Waals surface area contributed by atoms with Crippen molar-refractivity contribution in [3.63, 3.8) is 0 Å². The van der Waals surface area contributed by atoms with Gasteiger partial charge in [0.2, 0.25) is 0 Å². The lowest BCUT2D eigenvalue weighted by molar-refractivity contribution is 0.0691. The standard InChI is InChI=1S/C12H7Cl3N4O2/c13-7-9(8(14)11(15)18-10(7)12(20)21)19-17-5-6-2-1-3-16-4-6/h1-5H,(H,18,19)(H,20,21)/b17-5+. The van der Waals surface area contributed by atoms with Gasteiger partial charge in [-0.25, -0.2) is 9.78 Å². The third kappa shape index (κ3) is 3.60. The lowest BCUT2D eigenvalue weighted by Gasteiger charge is -2.09. The lowest BCUT2D eigenvalue weighted by atomic mass is 10.3. The van der Waals surface area contributed by atoms with Crippen LogP contribution in [-0.4, -0.2) is 27.3 Å². The maximum Gasteiger partial charge on any atom is 0.356 e. The Morgan fingerprint density at radius 1 is 1.33 bits per heavy atom. The molecule has 108 valence electrons. The fourth-order valence-corrected chi connectivity index (χ4v) is 2.04. The first kappa shape index (κ1) is 15.5. The summed E-state index contributed by atoms with van der Waals surface area (Å²) in [6, 6.07) is 3.52. The molecule has 2 N–H and O–H groups in total.